The van der Waals surface area contributed by atoms with Gasteiger partial charge in [0.1, 0.15) is 4.21 Å². The van der Waals surface area contributed by atoms with E-state index in [1.54, 1.807) is 42.5 Å². The number of sulfone groups is 1. The molecule has 164 valence electrons. The Bertz CT molecular complexity index is 1080. The summed E-state index contributed by atoms with van der Waals surface area (Å²) in [6.07, 6.45) is 1.53. The van der Waals surface area contributed by atoms with Gasteiger partial charge in [-0.2, -0.15) is 4.31 Å². The second-order valence-electron chi connectivity index (χ2n) is 7.34. The first kappa shape index (κ1) is 22.9. The van der Waals surface area contributed by atoms with Gasteiger partial charge in [-0.15, -0.1) is 11.3 Å². The van der Waals surface area contributed by atoms with Crippen molar-refractivity contribution in [3.8, 4) is 0 Å². The third-order valence-electron chi connectivity index (χ3n) is 5.06. The van der Waals surface area contributed by atoms with Crippen molar-refractivity contribution in [1.82, 2.24) is 9.62 Å². The maximum absolute atomic E-state index is 12.8. The molecule has 2 aromatic rings. The molecule has 10 heteroatoms. The first-order chi connectivity index (χ1) is 14.2. The van der Waals surface area contributed by atoms with E-state index in [1.165, 1.54) is 15.6 Å². The van der Waals surface area contributed by atoms with Crippen molar-refractivity contribution in [2.45, 2.75) is 35.3 Å². The Labute approximate surface area is 182 Å². The van der Waals surface area contributed by atoms with Gasteiger partial charge in [0.25, 0.3) is 10.0 Å². The fourth-order valence-electron chi connectivity index (χ4n) is 3.42. The SMILES string of the molecule is Cc1ccc(S(=O)(=O)N2CCCC(C(=O)NCCCS(=O)(=O)c3ccccc3)C2)s1. The van der Waals surface area contributed by atoms with Gasteiger partial charge in [-0.1, -0.05) is 18.2 Å². The van der Waals surface area contributed by atoms with Gasteiger partial charge >= 0.3 is 0 Å². The van der Waals surface area contributed by atoms with Crippen molar-refractivity contribution in [3.05, 3.63) is 47.3 Å². The second kappa shape index (κ2) is 9.59. The van der Waals surface area contributed by atoms with Gasteiger partial charge in [-0.05, 0) is 50.5 Å². The molecule has 2 heterocycles. The van der Waals surface area contributed by atoms with Crippen LogP contribution in [0.1, 0.15) is 24.1 Å². The lowest BCUT2D eigenvalue weighted by atomic mass is 9.99. The van der Waals surface area contributed by atoms with Gasteiger partial charge in [-0.3, -0.25) is 4.79 Å². The third-order valence-corrected chi connectivity index (χ3v) is 10.2. The normalized spacial score (nSPS) is 18.2. The van der Waals surface area contributed by atoms with E-state index in [0.29, 0.717) is 30.0 Å². The number of nitrogens with one attached hydrogen (secondary N) is 1. The summed E-state index contributed by atoms with van der Waals surface area (Å²) >= 11 is 1.23. The molecule has 0 aliphatic carbocycles. The number of benzene rings is 1. The molecule has 1 fully saturated rings. The van der Waals surface area contributed by atoms with Crippen LogP contribution in [0, 0.1) is 12.8 Å². The molecule has 1 atom stereocenters. The first-order valence-corrected chi connectivity index (χ1v) is 13.7. The van der Waals surface area contributed by atoms with E-state index >= 15 is 0 Å². The summed E-state index contributed by atoms with van der Waals surface area (Å²) in [5.41, 5.74) is 0. The summed E-state index contributed by atoms with van der Waals surface area (Å²) in [6, 6.07) is 11.6. The van der Waals surface area contributed by atoms with Crippen LogP contribution < -0.4 is 5.32 Å². The second-order valence-corrected chi connectivity index (χ2v) is 12.9. The van der Waals surface area contributed by atoms with Crippen molar-refractivity contribution in [2.24, 2.45) is 5.92 Å². The highest BCUT2D eigenvalue weighted by atomic mass is 32.2. The number of hydrogen-bond acceptors (Lipinski definition) is 6. The molecular weight excluding hydrogens is 444 g/mol. The Hall–Kier alpha value is -1.75. The minimum Gasteiger partial charge on any atom is -0.356 e. The zero-order valence-corrected chi connectivity index (χ0v) is 19.2. The largest absolute Gasteiger partial charge is 0.356 e. The molecule has 1 aliphatic heterocycles. The van der Waals surface area contributed by atoms with Gasteiger partial charge in [0.05, 0.1) is 16.6 Å². The van der Waals surface area contributed by atoms with Crippen molar-refractivity contribution in [2.75, 3.05) is 25.4 Å². The van der Waals surface area contributed by atoms with E-state index in [-0.39, 0.29) is 29.6 Å². The van der Waals surface area contributed by atoms with E-state index in [9.17, 15) is 21.6 Å². The lowest BCUT2D eigenvalue weighted by Crippen LogP contribution is -2.45. The molecule has 1 unspecified atom stereocenters. The lowest BCUT2D eigenvalue weighted by molar-refractivity contribution is -0.126. The van der Waals surface area contributed by atoms with Crippen molar-refractivity contribution in [1.29, 1.82) is 0 Å². The smallest absolute Gasteiger partial charge is 0.252 e. The molecule has 1 N–H and O–H groups in total. The van der Waals surface area contributed by atoms with Crippen LogP contribution in [0.25, 0.3) is 0 Å². The Morgan fingerprint density at radius 1 is 1.13 bits per heavy atom. The van der Waals surface area contributed by atoms with Crippen LogP contribution in [0.15, 0.2) is 51.6 Å². The maximum atomic E-state index is 12.8. The quantitative estimate of drug-likeness (QED) is 0.597. The van der Waals surface area contributed by atoms with E-state index in [4.69, 9.17) is 0 Å². The van der Waals surface area contributed by atoms with Gasteiger partial charge < -0.3 is 5.32 Å². The number of thiophene rings is 1. The molecular formula is C20H26N2O5S3. The molecule has 1 aromatic heterocycles. The number of aryl methyl sites for hydroxylation is 1. The number of hydrogen-bond donors (Lipinski definition) is 1. The minimum absolute atomic E-state index is 0.0554. The summed E-state index contributed by atoms with van der Waals surface area (Å²) in [5, 5.41) is 2.77. The number of rotatable bonds is 8. The Kier molecular flexibility index (Phi) is 7.33. The van der Waals surface area contributed by atoms with Crippen LogP contribution in [-0.2, 0) is 24.7 Å². The number of nitrogens with zero attached hydrogens (tertiary/aromatic N) is 1. The number of piperidine rings is 1. The molecule has 0 saturated carbocycles. The van der Waals surface area contributed by atoms with Crippen LogP contribution in [0.4, 0.5) is 0 Å². The number of amides is 1. The van der Waals surface area contributed by atoms with Gasteiger partial charge in [0, 0.05) is 24.5 Å². The van der Waals surface area contributed by atoms with Crippen molar-refractivity contribution < 1.29 is 21.6 Å². The van der Waals surface area contributed by atoms with E-state index in [0.717, 1.165) is 4.88 Å². The van der Waals surface area contributed by atoms with Crippen LogP contribution in [0.5, 0.6) is 0 Å². The van der Waals surface area contributed by atoms with Gasteiger partial charge in [-0.25, -0.2) is 16.8 Å². The van der Waals surface area contributed by atoms with Crippen molar-refractivity contribution >= 4 is 37.1 Å². The number of carbonyl (C=O) groups is 1. The highest BCUT2D eigenvalue weighted by Crippen LogP contribution is 2.28. The molecule has 1 aromatic carbocycles. The van der Waals surface area contributed by atoms with E-state index < -0.39 is 25.8 Å². The number of sulfonamides is 1. The van der Waals surface area contributed by atoms with Gasteiger partial charge in [0.15, 0.2) is 9.84 Å². The predicted molar refractivity (Wildman–Crippen MR) is 117 cm³/mol. The summed E-state index contributed by atoms with van der Waals surface area (Å²) in [5.74, 6) is -0.713. The molecule has 1 saturated heterocycles. The molecule has 1 amide bonds. The summed E-state index contributed by atoms with van der Waals surface area (Å²) in [7, 11) is -6.97. The number of carbonyl (C=O) groups excluding carboxylic acids is 1. The highest BCUT2D eigenvalue weighted by Gasteiger charge is 2.33. The maximum Gasteiger partial charge on any atom is 0.252 e. The van der Waals surface area contributed by atoms with Crippen molar-refractivity contribution in [3.63, 3.8) is 0 Å². The van der Waals surface area contributed by atoms with Crippen LogP contribution >= 0.6 is 11.3 Å². The Morgan fingerprint density at radius 2 is 1.87 bits per heavy atom. The lowest BCUT2D eigenvalue weighted by Gasteiger charge is -2.30. The zero-order valence-electron chi connectivity index (χ0n) is 16.8. The average molecular weight is 471 g/mol. The average Bonchev–Trinajstić information content (AvgIpc) is 3.19. The van der Waals surface area contributed by atoms with Crippen LogP contribution in [0.3, 0.4) is 0 Å². The molecule has 0 radical (unpaired) electrons. The first-order valence-electron chi connectivity index (χ1n) is 9.82. The fraction of sp³-hybridized carbons (Fsp3) is 0.450. The topological polar surface area (TPSA) is 101 Å². The molecule has 1 aliphatic rings. The zero-order chi connectivity index (χ0) is 21.8. The molecule has 0 spiro atoms. The monoisotopic (exact) mass is 470 g/mol. The summed E-state index contributed by atoms with van der Waals surface area (Å²) in [6.45, 7) is 2.64. The van der Waals surface area contributed by atoms with Crippen LogP contribution in [0.2, 0.25) is 0 Å². The Morgan fingerprint density at radius 3 is 2.53 bits per heavy atom. The van der Waals surface area contributed by atoms with E-state index in [1.807, 2.05) is 6.92 Å². The standard InChI is InChI=1S/C20H26N2O5S3/c1-16-10-11-19(28-16)30(26,27)22-13-5-7-17(15-22)20(23)21-12-6-14-29(24,25)18-8-3-2-4-9-18/h2-4,8-11,17H,5-7,12-15H2,1H3,(H,21,23). The molecule has 30 heavy (non-hydrogen) atoms. The molecule has 0 bridgehead atoms. The molecule has 7 nitrogen and oxygen atoms in total. The predicted octanol–water partition coefficient (Wildman–Crippen LogP) is 2.44. The summed E-state index contributed by atoms with van der Waals surface area (Å²) in [4.78, 5) is 13.7. The van der Waals surface area contributed by atoms with Crippen LogP contribution in [-0.4, -0.2) is 52.4 Å². The molecule has 3 rings (SSSR count). The highest BCUT2D eigenvalue weighted by molar-refractivity contribution is 7.91. The minimum atomic E-state index is -3.59. The summed E-state index contributed by atoms with van der Waals surface area (Å²) < 4.78 is 51.9. The van der Waals surface area contributed by atoms with E-state index in [2.05, 4.69) is 5.32 Å². The van der Waals surface area contributed by atoms with Gasteiger partial charge in [0.2, 0.25) is 5.91 Å². The Balaban J connectivity index is 1.51. The fourth-order valence-corrected chi connectivity index (χ4v) is 7.71. The third kappa shape index (κ3) is 5.48.